The molecule has 1 radical (unpaired) electrons. The topological polar surface area (TPSA) is 9.23 Å². The van der Waals surface area contributed by atoms with Crippen molar-refractivity contribution >= 4 is 11.6 Å². The van der Waals surface area contributed by atoms with Gasteiger partial charge in [-0.3, -0.25) is 0 Å². The molecule has 12 heavy (non-hydrogen) atoms. The number of hydrogen-bond donors (Lipinski definition) is 0. The second kappa shape index (κ2) is 5.60. The van der Waals surface area contributed by atoms with Crippen LogP contribution in [0.4, 0.5) is 0 Å². The van der Waals surface area contributed by atoms with Gasteiger partial charge in [-0.2, -0.15) is 0 Å². The van der Waals surface area contributed by atoms with Gasteiger partial charge < -0.3 is 4.74 Å². The Morgan fingerprint density at radius 2 is 2.42 bits per heavy atom. The van der Waals surface area contributed by atoms with E-state index in [-0.39, 0.29) is 0 Å². The molecule has 1 aliphatic heterocycles. The van der Waals surface area contributed by atoms with Crippen molar-refractivity contribution in [2.75, 3.05) is 6.61 Å². The first kappa shape index (κ1) is 10.1. The standard InChI is InChI=1S/C10H16ClO/c1-9(5-4-7-11)10-6-2-3-8-12-10/h4,7,9-10H,1-3,5-6,8H2/b7-4+. The molecule has 0 spiro atoms. The van der Waals surface area contributed by atoms with E-state index >= 15 is 0 Å². The number of rotatable bonds is 3. The molecule has 2 atom stereocenters. The quantitative estimate of drug-likeness (QED) is 0.660. The minimum Gasteiger partial charge on any atom is -0.378 e. The lowest BCUT2D eigenvalue weighted by atomic mass is 9.95. The maximum absolute atomic E-state index is 5.60. The lowest BCUT2D eigenvalue weighted by molar-refractivity contribution is -0.00894. The molecular weight excluding hydrogens is 172 g/mol. The van der Waals surface area contributed by atoms with E-state index in [4.69, 9.17) is 16.3 Å². The normalized spacial score (nSPS) is 27.7. The number of allylic oxidation sites excluding steroid dienone is 1. The summed E-state index contributed by atoms with van der Waals surface area (Å²) in [6.07, 6.45) is 6.86. The summed E-state index contributed by atoms with van der Waals surface area (Å²) in [5, 5.41) is 0. The minimum absolute atomic E-state index is 0.353. The zero-order chi connectivity index (χ0) is 8.81. The molecule has 2 heteroatoms. The molecule has 0 bridgehead atoms. The monoisotopic (exact) mass is 187 g/mol. The van der Waals surface area contributed by atoms with E-state index in [0.29, 0.717) is 12.0 Å². The van der Waals surface area contributed by atoms with Crippen LogP contribution in [0.15, 0.2) is 11.6 Å². The third-order valence-electron chi connectivity index (χ3n) is 2.27. The third-order valence-corrected chi connectivity index (χ3v) is 2.45. The molecule has 1 heterocycles. The van der Waals surface area contributed by atoms with E-state index in [9.17, 15) is 0 Å². The summed E-state index contributed by atoms with van der Waals surface area (Å²) in [6, 6.07) is 0. The smallest absolute Gasteiger partial charge is 0.0606 e. The molecule has 1 saturated heterocycles. The van der Waals surface area contributed by atoms with Crippen molar-refractivity contribution in [1.29, 1.82) is 0 Å². The Morgan fingerprint density at radius 3 is 3.00 bits per heavy atom. The Kier molecular flexibility index (Phi) is 4.70. The second-order valence-corrected chi connectivity index (χ2v) is 3.51. The highest BCUT2D eigenvalue weighted by Crippen LogP contribution is 2.22. The molecule has 0 aromatic heterocycles. The van der Waals surface area contributed by atoms with Crippen LogP contribution in [0.25, 0.3) is 0 Å². The molecule has 0 aromatic carbocycles. The SMILES string of the molecule is [CH2]C(C/C=C/Cl)C1CCCCO1. The van der Waals surface area contributed by atoms with Crippen molar-refractivity contribution in [1.82, 2.24) is 0 Å². The number of hydrogen-bond acceptors (Lipinski definition) is 1. The molecule has 69 valence electrons. The molecule has 1 rings (SSSR count). The van der Waals surface area contributed by atoms with Crippen LogP contribution in [-0.2, 0) is 4.74 Å². The fourth-order valence-electron chi connectivity index (χ4n) is 1.52. The van der Waals surface area contributed by atoms with Gasteiger partial charge in [-0.25, -0.2) is 0 Å². The molecule has 0 aromatic rings. The summed E-state index contributed by atoms with van der Waals surface area (Å²) >= 11 is 5.44. The number of ether oxygens (including phenoxy) is 1. The summed E-state index contributed by atoms with van der Waals surface area (Å²) in [6.45, 7) is 4.97. The van der Waals surface area contributed by atoms with E-state index in [0.717, 1.165) is 19.4 Å². The van der Waals surface area contributed by atoms with Crippen molar-refractivity contribution in [3.8, 4) is 0 Å². The van der Waals surface area contributed by atoms with Crippen LogP contribution in [-0.4, -0.2) is 12.7 Å². The Bertz CT molecular complexity index is 139. The predicted molar refractivity (Wildman–Crippen MR) is 52.0 cm³/mol. The van der Waals surface area contributed by atoms with Gasteiger partial charge in [0, 0.05) is 12.1 Å². The van der Waals surface area contributed by atoms with Gasteiger partial charge in [0.05, 0.1) is 6.10 Å². The van der Waals surface area contributed by atoms with Crippen molar-refractivity contribution in [3.63, 3.8) is 0 Å². The third kappa shape index (κ3) is 3.16. The van der Waals surface area contributed by atoms with Gasteiger partial charge in [0.2, 0.25) is 0 Å². The van der Waals surface area contributed by atoms with Crippen molar-refractivity contribution in [3.05, 3.63) is 18.5 Å². The fraction of sp³-hybridized carbons (Fsp3) is 0.700. The van der Waals surface area contributed by atoms with E-state index in [1.54, 1.807) is 5.54 Å². The van der Waals surface area contributed by atoms with Gasteiger partial charge in [-0.15, -0.1) is 0 Å². The van der Waals surface area contributed by atoms with Gasteiger partial charge >= 0.3 is 0 Å². The van der Waals surface area contributed by atoms with Gasteiger partial charge in [-0.05, 0) is 38.5 Å². The zero-order valence-corrected chi connectivity index (χ0v) is 8.09. The predicted octanol–water partition coefficient (Wildman–Crippen LogP) is 3.15. The molecule has 1 nitrogen and oxygen atoms in total. The zero-order valence-electron chi connectivity index (χ0n) is 7.34. The van der Waals surface area contributed by atoms with Crippen LogP contribution in [0.3, 0.4) is 0 Å². The molecule has 0 saturated carbocycles. The van der Waals surface area contributed by atoms with E-state index in [1.807, 2.05) is 6.08 Å². The first-order valence-electron chi connectivity index (χ1n) is 4.54. The van der Waals surface area contributed by atoms with Crippen molar-refractivity contribution in [2.45, 2.75) is 31.8 Å². The lowest BCUT2D eigenvalue weighted by Gasteiger charge is -2.27. The average molecular weight is 188 g/mol. The highest BCUT2D eigenvalue weighted by atomic mass is 35.5. The Labute approximate surface area is 79.7 Å². The van der Waals surface area contributed by atoms with Crippen LogP contribution in [0, 0.1) is 12.8 Å². The first-order chi connectivity index (χ1) is 5.84. The Hall–Kier alpha value is -0.0100. The van der Waals surface area contributed by atoms with Gasteiger partial charge in [0.15, 0.2) is 0 Å². The number of halogens is 1. The van der Waals surface area contributed by atoms with Crippen LogP contribution >= 0.6 is 11.6 Å². The van der Waals surface area contributed by atoms with Gasteiger partial charge in [0.25, 0.3) is 0 Å². The van der Waals surface area contributed by atoms with Crippen LogP contribution < -0.4 is 0 Å². The van der Waals surface area contributed by atoms with E-state index in [1.165, 1.54) is 12.8 Å². The summed E-state index contributed by atoms with van der Waals surface area (Å²) < 4.78 is 5.60. The lowest BCUT2D eigenvalue weighted by Crippen LogP contribution is -2.25. The molecule has 2 unspecified atom stereocenters. The van der Waals surface area contributed by atoms with Crippen LogP contribution in [0.1, 0.15) is 25.7 Å². The molecule has 1 aliphatic rings. The highest BCUT2D eigenvalue weighted by Gasteiger charge is 2.19. The van der Waals surface area contributed by atoms with Crippen LogP contribution in [0.5, 0.6) is 0 Å². The molecule has 1 fully saturated rings. The second-order valence-electron chi connectivity index (χ2n) is 3.26. The van der Waals surface area contributed by atoms with Crippen molar-refractivity contribution in [2.24, 2.45) is 5.92 Å². The maximum atomic E-state index is 5.60. The molecular formula is C10H16ClO. The van der Waals surface area contributed by atoms with Gasteiger partial charge in [-0.1, -0.05) is 17.7 Å². The summed E-state index contributed by atoms with van der Waals surface area (Å²) in [5.74, 6) is 0.361. The average Bonchev–Trinajstić information content (AvgIpc) is 2.15. The van der Waals surface area contributed by atoms with E-state index < -0.39 is 0 Å². The fourth-order valence-corrected chi connectivity index (χ4v) is 1.62. The Balaban J connectivity index is 2.24. The largest absolute Gasteiger partial charge is 0.378 e. The highest BCUT2D eigenvalue weighted by molar-refractivity contribution is 6.25. The van der Waals surface area contributed by atoms with Crippen LogP contribution in [0.2, 0.25) is 0 Å². The minimum atomic E-state index is 0.353. The molecule has 0 amide bonds. The van der Waals surface area contributed by atoms with E-state index in [2.05, 4.69) is 6.92 Å². The first-order valence-corrected chi connectivity index (χ1v) is 4.98. The molecule has 0 N–H and O–H groups in total. The summed E-state index contributed by atoms with van der Waals surface area (Å²) in [5.41, 5.74) is 1.56. The summed E-state index contributed by atoms with van der Waals surface area (Å²) in [7, 11) is 0. The maximum Gasteiger partial charge on any atom is 0.0606 e. The molecule has 0 aliphatic carbocycles. The summed E-state index contributed by atoms with van der Waals surface area (Å²) in [4.78, 5) is 0. The van der Waals surface area contributed by atoms with Gasteiger partial charge in [0.1, 0.15) is 0 Å². The van der Waals surface area contributed by atoms with Crippen molar-refractivity contribution < 1.29 is 4.74 Å². The Morgan fingerprint density at radius 1 is 1.58 bits per heavy atom.